The third kappa shape index (κ3) is 7.42. The number of likely N-dealkylation sites (tertiary alicyclic amines) is 1. The summed E-state index contributed by atoms with van der Waals surface area (Å²) in [7, 11) is 2.71. The Morgan fingerprint density at radius 3 is 2.41 bits per heavy atom. The topological polar surface area (TPSA) is 183 Å². The molecule has 0 radical (unpaired) electrons. The number of aromatic carboxylic acids is 1. The smallest absolute Gasteiger partial charge is 0.408 e. The molecule has 3 amide bonds. The van der Waals surface area contributed by atoms with Crippen LogP contribution in [0.4, 0.5) is 4.79 Å². The van der Waals surface area contributed by atoms with Crippen molar-refractivity contribution in [3.63, 3.8) is 0 Å². The molecule has 2 heterocycles. The standard InChI is InChI=1S/C35H44N4O10/c1-7-19-17-35(19,32(44)47-6)38-29(40)26-15-22(48-27-16-25(31(42)43)36-24-14-21(46-5)12-13-23(24)27)18-39(26)30(41)28(34(2,3)4)37-33(45)49-20-10-8-9-11-20/h7,12-14,16,19-20,22,26,28H,1,8-11,15,17-18H2,2-6H3,(H,37,45)(H,38,40)(H,42,43)/t19-,22-,26+,28-,35-/m1/s1. The Balaban J connectivity index is 1.46. The number of fused-ring (bicyclic) bond motifs is 1. The number of nitrogens with one attached hydrogen (secondary N) is 2. The highest BCUT2D eigenvalue weighted by Crippen LogP contribution is 2.45. The molecular formula is C35H44N4O10. The predicted octanol–water partition coefficient (Wildman–Crippen LogP) is 3.61. The van der Waals surface area contributed by atoms with Crippen LogP contribution in [0.2, 0.25) is 0 Å². The van der Waals surface area contributed by atoms with Gasteiger partial charge in [0.05, 0.1) is 26.3 Å². The van der Waals surface area contributed by atoms with Crippen molar-refractivity contribution in [2.75, 3.05) is 20.8 Å². The normalized spacial score (nSPS) is 24.1. The number of hydrogen-bond donors (Lipinski definition) is 3. The molecule has 2 aromatic rings. The van der Waals surface area contributed by atoms with E-state index in [1.807, 2.05) is 0 Å². The fourth-order valence-corrected chi connectivity index (χ4v) is 6.68. The zero-order valence-corrected chi connectivity index (χ0v) is 28.4. The maximum Gasteiger partial charge on any atom is 0.408 e. The van der Waals surface area contributed by atoms with Crippen molar-refractivity contribution >= 4 is 40.7 Å². The highest BCUT2D eigenvalue weighted by Gasteiger charge is 2.62. The number of carboxylic acid groups (broad SMARTS) is 1. The molecule has 0 bridgehead atoms. The second kappa shape index (κ2) is 13.9. The molecule has 1 saturated heterocycles. The van der Waals surface area contributed by atoms with Gasteiger partial charge in [-0.05, 0) is 49.7 Å². The van der Waals surface area contributed by atoms with Crippen LogP contribution < -0.4 is 20.1 Å². The highest BCUT2D eigenvalue weighted by atomic mass is 16.6. The first kappa shape index (κ1) is 35.4. The lowest BCUT2D eigenvalue weighted by atomic mass is 9.85. The molecule has 14 nitrogen and oxygen atoms in total. The molecule has 2 aliphatic carbocycles. The van der Waals surface area contributed by atoms with Crippen LogP contribution in [0.1, 0.15) is 69.8 Å². The number of pyridine rings is 1. The first-order valence-corrected chi connectivity index (χ1v) is 16.4. The van der Waals surface area contributed by atoms with Crippen molar-refractivity contribution in [2.24, 2.45) is 11.3 Å². The zero-order chi connectivity index (χ0) is 35.7. The van der Waals surface area contributed by atoms with E-state index < -0.39 is 59.0 Å². The number of amides is 3. The third-order valence-electron chi connectivity index (χ3n) is 9.49. The highest BCUT2D eigenvalue weighted by molar-refractivity contribution is 5.97. The minimum Gasteiger partial charge on any atom is -0.497 e. The third-order valence-corrected chi connectivity index (χ3v) is 9.49. The Morgan fingerprint density at radius 1 is 1.10 bits per heavy atom. The zero-order valence-electron chi connectivity index (χ0n) is 28.4. The van der Waals surface area contributed by atoms with E-state index in [4.69, 9.17) is 18.9 Å². The number of esters is 1. The molecular weight excluding hydrogens is 636 g/mol. The van der Waals surface area contributed by atoms with Crippen LogP contribution in [0, 0.1) is 11.3 Å². The minimum atomic E-state index is -1.31. The van der Waals surface area contributed by atoms with Crippen molar-refractivity contribution in [3.05, 3.63) is 42.6 Å². The van der Waals surface area contributed by atoms with Gasteiger partial charge in [0, 0.05) is 29.9 Å². The van der Waals surface area contributed by atoms with Gasteiger partial charge in [-0.25, -0.2) is 19.4 Å². The lowest BCUT2D eigenvalue weighted by Crippen LogP contribution is -2.59. The molecule has 1 aromatic carbocycles. The van der Waals surface area contributed by atoms with Gasteiger partial charge in [0.15, 0.2) is 5.69 Å². The van der Waals surface area contributed by atoms with Gasteiger partial charge in [-0.15, -0.1) is 6.58 Å². The summed E-state index contributed by atoms with van der Waals surface area (Å²) in [5.41, 5.74) is -2.06. The molecule has 5 atom stereocenters. The Morgan fingerprint density at radius 2 is 1.82 bits per heavy atom. The fraction of sp³-hybridized carbons (Fsp3) is 0.543. The Labute approximate surface area is 284 Å². The van der Waals surface area contributed by atoms with E-state index in [2.05, 4.69) is 22.2 Å². The maximum atomic E-state index is 14.4. The molecule has 1 aliphatic heterocycles. The van der Waals surface area contributed by atoms with Crippen LogP contribution in [0.15, 0.2) is 36.9 Å². The van der Waals surface area contributed by atoms with Crippen LogP contribution in [0.25, 0.3) is 10.9 Å². The van der Waals surface area contributed by atoms with Crippen molar-refractivity contribution in [3.8, 4) is 11.5 Å². The number of hydrogen-bond acceptors (Lipinski definition) is 10. The summed E-state index contributed by atoms with van der Waals surface area (Å²) >= 11 is 0. The van der Waals surface area contributed by atoms with Gasteiger partial charge in [0.1, 0.15) is 41.3 Å². The van der Waals surface area contributed by atoms with E-state index in [0.29, 0.717) is 23.1 Å². The summed E-state index contributed by atoms with van der Waals surface area (Å²) in [6.45, 7) is 9.06. The number of rotatable bonds is 11. The summed E-state index contributed by atoms with van der Waals surface area (Å²) in [6, 6.07) is 4.04. The maximum absolute atomic E-state index is 14.4. The van der Waals surface area contributed by atoms with E-state index in [1.165, 1.54) is 25.2 Å². The van der Waals surface area contributed by atoms with Crippen molar-refractivity contribution in [1.82, 2.24) is 20.5 Å². The summed E-state index contributed by atoms with van der Waals surface area (Å²) < 4.78 is 22.2. The van der Waals surface area contributed by atoms with Gasteiger partial charge in [-0.2, -0.15) is 0 Å². The number of nitrogens with zero attached hydrogens (tertiary/aromatic N) is 2. The quantitative estimate of drug-likeness (QED) is 0.233. The lowest BCUT2D eigenvalue weighted by molar-refractivity contribution is -0.148. The van der Waals surface area contributed by atoms with E-state index in [1.54, 1.807) is 45.0 Å². The summed E-state index contributed by atoms with van der Waals surface area (Å²) in [6.07, 6.45) is 3.55. The van der Waals surface area contributed by atoms with Gasteiger partial charge in [0.2, 0.25) is 11.8 Å². The van der Waals surface area contributed by atoms with Gasteiger partial charge in [-0.3, -0.25) is 9.59 Å². The number of aromatic nitrogens is 1. The van der Waals surface area contributed by atoms with Crippen LogP contribution in [-0.4, -0.2) is 95.4 Å². The molecule has 3 fully saturated rings. The van der Waals surface area contributed by atoms with Gasteiger partial charge in [0.25, 0.3) is 0 Å². The van der Waals surface area contributed by atoms with E-state index in [9.17, 15) is 29.1 Å². The average Bonchev–Trinajstić information content (AvgIpc) is 3.34. The first-order valence-electron chi connectivity index (χ1n) is 16.4. The van der Waals surface area contributed by atoms with Crippen LogP contribution in [0.5, 0.6) is 11.5 Å². The van der Waals surface area contributed by atoms with Crippen LogP contribution in [0.3, 0.4) is 0 Å². The van der Waals surface area contributed by atoms with Gasteiger partial charge in [-0.1, -0.05) is 26.8 Å². The van der Waals surface area contributed by atoms with Crippen LogP contribution >= 0.6 is 0 Å². The van der Waals surface area contributed by atoms with E-state index in [-0.39, 0.29) is 36.4 Å². The first-order chi connectivity index (χ1) is 23.2. The summed E-state index contributed by atoms with van der Waals surface area (Å²) in [4.78, 5) is 71.7. The average molecular weight is 681 g/mol. The second-order valence-electron chi connectivity index (χ2n) is 13.9. The summed E-state index contributed by atoms with van der Waals surface area (Å²) in [5.74, 6) is -2.75. The van der Waals surface area contributed by atoms with Crippen molar-refractivity contribution in [2.45, 2.75) is 89.1 Å². The molecule has 264 valence electrons. The molecule has 0 unspecified atom stereocenters. The number of benzene rings is 1. The van der Waals surface area contributed by atoms with E-state index >= 15 is 0 Å². The van der Waals surface area contributed by atoms with Gasteiger partial charge < -0.3 is 39.6 Å². The number of carboxylic acids is 1. The molecule has 49 heavy (non-hydrogen) atoms. The molecule has 14 heteroatoms. The number of alkyl carbamates (subject to hydrolysis) is 1. The predicted molar refractivity (Wildman–Crippen MR) is 176 cm³/mol. The largest absolute Gasteiger partial charge is 0.497 e. The Bertz CT molecular complexity index is 1650. The number of carbonyl (C=O) groups is 5. The van der Waals surface area contributed by atoms with Gasteiger partial charge >= 0.3 is 18.0 Å². The van der Waals surface area contributed by atoms with E-state index in [0.717, 1.165) is 25.7 Å². The summed E-state index contributed by atoms with van der Waals surface area (Å²) in [5, 5.41) is 15.8. The fourth-order valence-electron chi connectivity index (χ4n) is 6.68. The Hall–Kier alpha value is -4.88. The number of carbonyl (C=O) groups excluding carboxylic acids is 4. The minimum absolute atomic E-state index is 0.000654. The van der Waals surface area contributed by atoms with Crippen LogP contribution in [-0.2, 0) is 23.9 Å². The Kier molecular flexibility index (Phi) is 10.1. The molecule has 1 aromatic heterocycles. The van der Waals surface area contributed by atoms with Crippen molar-refractivity contribution < 1.29 is 48.0 Å². The number of methoxy groups -OCH3 is 2. The SMILES string of the molecule is C=C[C@@H]1C[C@]1(NC(=O)[C@@H]1C[C@@H](Oc2cc(C(=O)O)nc3cc(OC)ccc23)CN1C(=O)[C@@H](NC(=O)OC1CCCC1)C(C)(C)C)C(=O)OC. The molecule has 3 N–H and O–H groups in total. The van der Waals surface area contributed by atoms with Crippen molar-refractivity contribution in [1.29, 1.82) is 0 Å². The molecule has 3 aliphatic rings. The second-order valence-corrected chi connectivity index (χ2v) is 13.9. The molecule has 0 spiro atoms. The molecule has 2 saturated carbocycles. The molecule has 5 rings (SSSR count). The number of ether oxygens (including phenoxy) is 4. The lowest BCUT2D eigenvalue weighted by Gasteiger charge is -2.35. The monoisotopic (exact) mass is 680 g/mol.